The number of rotatable bonds is 6. The highest BCUT2D eigenvalue weighted by Gasteiger charge is 2.14. The maximum absolute atomic E-state index is 12.3. The Morgan fingerprint density at radius 1 is 1.14 bits per heavy atom. The summed E-state index contributed by atoms with van der Waals surface area (Å²) in [6.45, 7) is 4.50. The van der Waals surface area contributed by atoms with Crippen LogP contribution in [0.2, 0.25) is 0 Å². The van der Waals surface area contributed by atoms with Crippen molar-refractivity contribution in [2.24, 2.45) is 0 Å². The average Bonchev–Trinajstić information content (AvgIpc) is 2.99. The molecule has 2 rings (SSSR count). The van der Waals surface area contributed by atoms with E-state index in [0.29, 0.717) is 6.54 Å². The number of amides is 1. The molecule has 0 radical (unpaired) electrons. The molecule has 1 aromatic heterocycles. The van der Waals surface area contributed by atoms with Crippen LogP contribution in [0, 0.1) is 13.8 Å². The maximum atomic E-state index is 12.3. The van der Waals surface area contributed by atoms with Gasteiger partial charge in [-0.05, 0) is 36.9 Å². The van der Waals surface area contributed by atoms with Gasteiger partial charge in [0.05, 0.1) is 6.54 Å². The first-order valence-electron chi connectivity index (χ1n) is 7.34. The first-order valence-corrected chi connectivity index (χ1v) is 8.22. The van der Waals surface area contributed by atoms with Gasteiger partial charge in [-0.15, -0.1) is 11.3 Å². The zero-order chi connectivity index (χ0) is 16.1. The lowest BCUT2D eigenvalue weighted by atomic mass is 9.99. The fraction of sp³-hybridized carbons (Fsp3) is 0.333. The van der Waals surface area contributed by atoms with Crippen molar-refractivity contribution in [1.82, 2.24) is 4.90 Å². The molecule has 1 amide bonds. The second-order valence-corrected chi connectivity index (χ2v) is 6.60. The van der Waals surface area contributed by atoms with Crippen LogP contribution in [0.1, 0.15) is 39.2 Å². The van der Waals surface area contributed by atoms with E-state index in [9.17, 15) is 9.59 Å². The normalized spacial score (nSPS) is 10.5. The summed E-state index contributed by atoms with van der Waals surface area (Å²) < 4.78 is 0. The van der Waals surface area contributed by atoms with Crippen LogP contribution >= 0.6 is 11.3 Å². The van der Waals surface area contributed by atoms with Crippen molar-refractivity contribution >= 4 is 23.0 Å². The van der Waals surface area contributed by atoms with Gasteiger partial charge in [0, 0.05) is 30.3 Å². The Balaban J connectivity index is 1.90. The van der Waals surface area contributed by atoms with E-state index in [0.717, 1.165) is 21.6 Å². The van der Waals surface area contributed by atoms with E-state index >= 15 is 0 Å². The van der Waals surface area contributed by atoms with Crippen LogP contribution < -0.4 is 0 Å². The van der Waals surface area contributed by atoms with Crippen molar-refractivity contribution in [3.8, 4) is 0 Å². The second kappa shape index (κ2) is 7.36. The molecule has 0 N–H and O–H groups in total. The molecule has 2 aromatic rings. The Bertz CT molecular complexity index is 662. The molecule has 1 heterocycles. The Hall–Kier alpha value is -1.94. The predicted molar refractivity (Wildman–Crippen MR) is 90.3 cm³/mol. The topological polar surface area (TPSA) is 37.4 Å². The molecule has 0 aliphatic rings. The van der Waals surface area contributed by atoms with Gasteiger partial charge in [0.25, 0.3) is 0 Å². The minimum Gasteiger partial charge on any atom is -0.341 e. The van der Waals surface area contributed by atoms with Crippen LogP contribution in [0.4, 0.5) is 0 Å². The lowest BCUT2D eigenvalue weighted by molar-refractivity contribution is -0.130. The molecule has 0 spiro atoms. The van der Waals surface area contributed by atoms with Gasteiger partial charge in [-0.2, -0.15) is 0 Å². The van der Waals surface area contributed by atoms with Gasteiger partial charge < -0.3 is 4.90 Å². The smallest absolute Gasteiger partial charge is 0.223 e. The number of carbonyl (C=O) groups is 2. The van der Waals surface area contributed by atoms with E-state index in [4.69, 9.17) is 0 Å². The molecule has 0 atom stereocenters. The Kier molecular flexibility index (Phi) is 5.50. The van der Waals surface area contributed by atoms with Gasteiger partial charge in [0.2, 0.25) is 5.91 Å². The summed E-state index contributed by atoms with van der Waals surface area (Å²) >= 11 is 1.63. The van der Waals surface area contributed by atoms with E-state index in [2.05, 4.69) is 0 Å². The number of ketones is 1. The van der Waals surface area contributed by atoms with E-state index in [1.54, 1.807) is 23.3 Å². The zero-order valence-electron chi connectivity index (χ0n) is 13.3. The summed E-state index contributed by atoms with van der Waals surface area (Å²) in [4.78, 5) is 27.3. The minimum atomic E-state index is 0.00653. The molecule has 0 aliphatic heterocycles. The van der Waals surface area contributed by atoms with Gasteiger partial charge in [-0.25, -0.2) is 0 Å². The molecule has 0 saturated heterocycles. The fourth-order valence-corrected chi connectivity index (χ4v) is 3.06. The van der Waals surface area contributed by atoms with Gasteiger partial charge in [-0.3, -0.25) is 9.59 Å². The summed E-state index contributed by atoms with van der Waals surface area (Å²) in [5, 5.41) is 2.00. The molecule has 0 unspecified atom stereocenters. The molecular weight excluding hydrogens is 294 g/mol. The van der Waals surface area contributed by atoms with Gasteiger partial charge in [0.1, 0.15) is 0 Å². The van der Waals surface area contributed by atoms with Crippen molar-refractivity contribution in [2.75, 3.05) is 7.05 Å². The van der Waals surface area contributed by atoms with Gasteiger partial charge in [0.15, 0.2) is 5.78 Å². The van der Waals surface area contributed by atoms with Crippen LogP contribution in [0.15, 0.2) is 35.7 Å². The number of hydrogen-bond donors (Lipinski definition) is 0. The number of thiophene rings is 1. The number of benzene rings is 1. The lowest BCUT2D eigenvalue weighted by Crippen LogP contribution is -2.26. The monoisotopic (exact) mass is 315 g/mol. The van der Waals surface area contributed by atoms with E-state index in [1.165, 1.54) is 0 Å². The summed E-state index contributed by atoms with van der Waals surface area (Å²) in [6, 6.07) is 9.83. The third-order valence-corrected chi connectivity index (χ3v) is 4.52. The standard InChI is InChI=1S/C18H21NO2S/c1-13-6-7-14(2)16(11-13)17(20)8-9-18(21)19(3)12-15-5-4-10-22-15/h4-7,10-11H,8-9,12H2,1-3H3. The number of nitrogens with zero attached hydrogens (tertiary/aromatic N) is 1. The van der Waals surface area contributed by atoms with Gasteiger partial charge >= 0.3 is 0 Å². The Morgan fingerprint density at radius 2 is 1.91 bits per heavy atom. The van der Waals surface area contributed by atoms with Crippen molar-refractivity contribution in [1.29, 1.82) is 0 Å². The molecule has 4 heteroatoms. The van der Waals surface area contributed by atoms with E-state index in [1.807, 2.05) is 49.6 Å². The van der Waals surface area contributed by atoms with E-state index in [-0.39, 0.29) is 24.5 Å². The van der Waals surface area contributed by atoms with Crippen molar-refractivity contribution in [3.63, 3.8) is 0 Å². The maximum Gasteiger partial charge on any atom is 0.223 e. The lowest BCUT2D eigenvalue weighted by Gasteiger charge is -2.16. The molecule has 0 saturated carbocycles. The van der Waals surface area contributed by atoms with Crippen LogP contribution in [0.5, 0.6) is 0 Å². The number of carbonyl (C=O) groups excluding carboxylic acids is 2. The zero-order valence-corrected chi connectivity index (χ0v) is 14.1. The fourth-order valence-electron chi connectivity index (χ4n) is 2.31. The highest BCUT2D eigenvalue weighted by atomic mass is 32.1. The number of hydrogen-bond acceptors (Lipinski definition) is 3. The highest BCUT2D eigenvalue weighted by Crippen LogP contribution is 2.15. The van der Waals surface area contributed by atoms with Crippen molar-refractivity contribution in [2.45, 2.75) is 33.2 Å². The van der Waals surface area contributed by atoms with Crippen LogP contribution in [-0.2, 0) is 11.3 Å². The SMILES string of the molecule is Cc1ccc(C)c(C(=O)CCC(=O)N(C)Cc2cccs2)c1. The first-order chi connectivity index (χ1) is 10.5. The Labute approximate surface area is 135 Å². The first kappa shape index (κ1) is 16.4. The molecule has 0 fully saturated rings. The summed E-state index contributed by atoms with van der Waals surface area (Å²) in [7, 11) is 1.78. The summed E-state index contributed by atoms with van der Waals surface area (Å²) in [5.41, 5.74) is 2.76. The minimum absolute atomic E-state index is 0.00653. The van der Waals surface area contributed by atoms with Gasteiger partial charge in [-0.1, -0.05) is 23.8 Å². The van der Waals surface area contributed by atoms with Crippen LogP contribution in [-0.4, -0.2) is 23.6 Å². The molecule has 3 nitrogen and oxygen atoms in total. The highest BCUT2D eigenvalue weighted by molar-refractivity contribution is 7.09. The average molecular weight is 315 g/mol. The predicted octanol–water partition coefficient (Wildman–Crippen LogP) is 3.99. The van der Waals surface area contributed by atoms with Crippen LogP contribution in [0.3, 0.4) is 0 Å². The Morgan fingerprint density at radius 3 is 2.59 bits per heavy atom. The molecule has 116 valence electrons. The largest absolute Gasteiger partial charge is 0.341 e. The summed E-state index contributed by atoms with van der Waals surface area (Å²) in [6.07, 6.45) is 0.520. The third-order valence-electron chi connectivity index (χ3n) is 3.66. The summed E-state index contributed by atoms with van der Waals surface area (Å²) in [5.74, 6) is 0.0473. The quantitative estimate of drug-likeness (QED) is 0.756. The number of aryl methyl sites for hydroxylation is 2. The molecular formula is C18H21NO2S. The second-order valence-electron chi connectivity index (χ2n) is 5.57. The van der Waals surface area contributed by atoms with Crippen LogP contribution in [0.25, 0.3) is 0 Å². The van der Waals surface area contributed by atoms with Crippen molar-refractivity contribution < 1.29 is 9.59 Å². The molecule has 1 aromatic carbocycles. The molecule has 0 bridgehead atoms. The molecule has 22 heavy (non-hydrogen) atoms. The molecule has 0 aliphatic carbocycles. The van der Waals surface area contributed by atoms with Crippen molar-refractivity contribution in [3.05, 3.63) is 57.3 Å². The number of Topliss-reactive ketones (excluding diaryl/α,β-unsaturated/α-hetero) is 1. The van der Waals surface area contributed by atoms with E-state index < -0.39 is 0 Å². The third kappa shape index (κ3) is 4.28.